The van der Waals surface area contributed by atoms with Crippen LogP contribution in [0.5, 0.6) is 0 Å². The van der Waals surface area contributed by atoms with Gasteiger partial charge in [0, 0.05) is 12.1 Å². The van der Waals surface area contributed by atoms with Gasteiger partial charge in [-0.05, 0) is 57.3 Å². The zero-order valence-corrected chi connectivity index (χ0v) is 18.3. The molecule has 1 rings (SSSR count). The van der Waals surface area contributed by atoms with E-state index in [-0.39, 0.29) is 10.6 Å². The second kappa shape index (κ2) is 16.5. The lowest BCUT2D eigenvalue weighted by atomic mass is 10.1. The first kappa shape index (κ1) is 24.6. The van der Waals surface area contributed by atoms with Gasteiger partial charge in [-0.25, -0.2) is 0 Å². The molecular weight excluding hydrogens is 348 g/mol. The van der Waals surface area contributed by atoms with Gasteiger partial charge in [0.1, 0.15) is 0 Å². The Kier molecular flexibility index (Phi) is 14.5. The Hall–Kier alpha value is -1.42. The first-order valence-corrected chi connectivity index (χ1v) is 11.6. The Morgan fingerprint density at radius 1 is 0.714 bits per heavy atom. The summed E-state index contributed by atoms with van der Waals surface area (Å²) < 4.78 is 0. The number of benzene rings is 1. The monoisotopic (exact) mass is 390 g/mol. The first-order valence-electron chi connectivity index (χ1n) is 11.6. The summed E-state index contributed by atoms with van der Waals surface area (Å²) in [6.07, 6.45) is 16.9. The van der Waals surface area contributed by atoms with E-state index in [1.165, 1.54) is 95.8 Å². The molecule has 0 aromatic heterocycles. The van der Waals surface area contributed by atoms with Gasteiger partial charge in [0.25, 0.3) is 5.69 Å². The van der Waals surface area contributed by atoms with Crippen molar-refractivity contribution in [2.45, 2.75) is 97.3 Å². The third-order valence-electron chi connectivity index (χ3n) is 5.49. The highest BCUT2D eigenvalue weighted by molar-refractivity contribution is 5.32. The van der Waals surface area contributed by atoms with Crippen molar-refractivity contribution in [3.8, 4) is 0 Å². The van der Waals surface area contributed by atoms with Crippen LogP contribution in [0.25, 0.3) is 0 Å². The predicted molar refractivity (Wildman–Crippen MR) is 120 cm³/mol. The molecule has 28 heavy (non-hydrogen) atoms. The maximum absolute atomic E-state index is 10.7. The van der Waals surface area contributed by atoms with Crippen molar-refractivity contribution in [1.82, 2.24) is 4.90 Å². The van der Waals surface area contributed by atoms with E-state index >= 15 is 0 Å². The molecule has 0 aliphatic carbocycles. The summed E-state index contributed by atoms with van der Waals surface area (Å²) in [6, 6.07) is 7.03. The number of aryl methyl sites for hydroxylation is 1. The van der Waals surface area contributed by atoms with Gasteiger partial charge in [-0.3, -0.25) is 10.1 Å². The van der Waals surface area contributed by atoms with Crippen LogP contribution in [0.4, 0.5) is 5.69 Å². The van der Waals surface area contributed by atoms with Crippen LogP contribution in [0.15, 0.2) is 24.3 Å². The van der Waals surface area contributed by atoms with Crippen LogP contribution in [0, 0.1) is 10.1 Å². The van der Waals surface area contributed by atoms with Crippen molar-refractivity contribution in [2.75, 3.05) is 19.6 Å². The van der Waals surface area contributed by atoms with Gasteiger partial charge in [-0.1, -0.05) is 77.3 Å². The number of hydrogen-bond acceptors (Lipinski definition) is 3. The van der Waals surface area contributed by atoms with E-state index < -0.39 is 0 Å². The third-order valence-corrected chi connectivity index (χ3v) is 5.49. The average Bonchev–Trinajstić information content (AvgIpc) is 2.70. The summed E-state index contributed by atoms with van der Waals surface area (Å²) in [5.41, 5.74) is 1.39. The van der Waals surface area contributed by atoms with Gasteiger partial charge < -0.3 is 4.90 Å². The van der Waals surface area contributed by atoms with Gasteiger partial charge in [-0.15, -0.1) is 0 Å². The van der Waals surface area contributed by atoms with E-state index in [0.717, 1.165) is 12.8 Å². The molecule has 0 amide bonds. The maximum Gasteiger partial charge on any atom is 0.269 e. The summed E-state index contributed by atoms with van der Waals surface area (Å²) in [6.45, 7) is 8.29. The smallest absolute Gasteiger partial charge is 0.269 e. The number of nitro groups is 1. The normalized spacial score (nSPS) is 11.2. The minimum absolute atomic E-state index is 0.182. The van der Waals surface area contributed by atoms with E-state index in [1.807, 2.05) is 12.1 Å². The zero-order chi connectivity index (χ0) is 20.5. The van der Waals surface area contributed by atoms with Crippen LogP contribution >= 0.6 is 0 Å². The Morgan fingerprint density at radius 2 is 1.18 bits per heavy atom. The average molecular weight is 391 g/mol. The van der Waals surface area contributed by atoms with E-state index in [1.54, 1.807) is 12.1 Å². The predicted octanol–water partition coefficient (Wildman–Crippen LogP) is 7.16. The molecule has 0 heterocycles. The quantitative estimate of drug-likeness (QED) is 0.152. The summed E-state index contributed by atoms with van der Waals surface area (Å²) in [5, 5.41) is 10.7. The highest BCUT2D eigenvalue weighted by Gasteiger charge is 2.06. The van der Waals surface area contributed by atoms with Crippen molar-refractivity contribution in [2.24, 2.45) is 0 Å². The van der Waals surface area contributed by atoms with Gasteiger partial charge in [0.15, 0.2) is 0 Å². The lowest BCUT2D eigenvalue weighted by molar-refractivity contribution is -0.384. The number of rotatable bonds is 18. The fourth-order valence-corrected chi connectivity index (χ4v) is 3.66. The van der Waals surface area contributed by atoms with Crippen LogP contribution in [-0.2, 0) is 6.42 Å². The summed E-state index contributed by atoms with van der Waals surface area (Å²) >= 11 is 0. The van der Waals surface area contributed by atoms with Gasteiger partial charge in [-0.2, -0.15) is 0 Å². The van der Waals surface area contributed by atoms with Gasteiger partial charge in [0.2, 0.25) is 0 Å². The molecule has 1 aromatic rings. The van der Waals surface area contributed by atoms with Crippen LogP contribution < -0.4 is 0 Å². The molecule has 0 N–H and O–H groups in total. The summed E-state index contributed by atoms with van der Waals surface area (Å²) in [7, 11) is 0. The highest BCUT2D eigenvalue weighted by atomic mass is 16.6. The number of hydrogen-bond donors (Lipinski definition) is 0. The molecule has 0 spiro atoms. The third kappa shape index (κ3) is 12.1. The molecule has 0 aliphatic heterocycles. The van der Waals surface area contributed by atoms with E-state index in [0.29, 0.717) is 0 Å². The first-order chi connectivity index (χ1) is 13.7. The topological polar surface area (TPSA) is 46.4 Å². The Bertz CT molecular complexity index is 502. The van der Waals surface area contributed by atoms with E-state index in [2.05, 4.69) is 18.7 Å². The summed E-state index contributed by atoms with van der Waals surface area (Å²) in [5.74, 6) is 0. The molecule has 1 aromatic carbocycles. The lowest BCUT2D eigenvalue weighted by Crippen LogP contribution is -2.27. The van der Waals surface area contributed by atoms with Gasteiger partial charge >= 0.3 is 0 Å². The molecule has 0 unspecified atom stereocenters. The SMILES string of the molecule is CCCCCCCCN(CCCCC)CCCCCc1ccc([N+](=O)[O-])cc1. The summed E-state index contributed by atoms with van der Waals surface area (Å²) in [4.78, 5) is 13.1. The van der Waals surface area contributed by atoms with Gasteiger partial charge in [0.05, 0.1) is 4.92 Å². The molecule has 4 nitrogen and oxygen atoms in total. The molecule has 0 saturated carbocycles. The molecule has 0 atom stereocenters. The van der Waals surface area contributed by atoms with Crippen molar-refractivity contribution in [3.05, 3.63) is 39.9 Å². The molecule has 0 radical (unpaired) electrons. The lowest BCUT2D eigenvalue weighted by Gasteiger charge is -2.22. The second-order valence-corrected chi connectivity index (χ2v) is 8.05. The van der Waals surface area contributed by atoms with Crippen molar-refractivity contribution in [1.29, 1.82) is 0 Å². The number of nitro benzene ring substituents is 1. The minimum atomic E-state index is -0.333. The molecule has 0 saturated heterocycles. The molecule has 0 fully saturated rings. The van der Waals surface area contributed by atoms with Crippen molar-refractivity contribution in [3.63, 3.8) is 0 Å². The Balaban J connectivity index is 2.20. The number of non-ortho nitro benzene ring substituents is 1. The standard InChI is InChI=1S/C24H42N2O2/c1-3-5-7-8-9-13-21-25(20-12-6-4-2)22-14-10-11-15-23-16-18-24(19-17-23)26(27)28/h16-19H,3-15,20-22H2,1-2H3. The number of unbranched alkanes of at least 4 members (excludes halogenated alkanes) is 9. The fraction of sp³-hybridized carbons (Fsp3) is 0.750. The van der Waals surface area contributed by atoms with Crippen LogP contribution in [0.1, 0.15) is 96.5 Å². The van der Waals surface area contributed by atoms with E-state index in [9.17, 15) is 10.1 Å². The maximum atomic E-state index is 10.7. The molecule has 4 heteroatoms. The minimum Gasteiger partial charge on any atom is -0.303 e. The Labute approximate surface area is 172 Å². The van der Waals surface area contributed by atoms with E-state index in [4.69, 9.17) is 0 Å². The highest BCUT2D eigenvalue weighted by Crippen LogP contribution is 2.14. The zero-order valence-electron chi connectivity index (χ0n) is 18.3. The number of nitrogens with zero attached hydrogens (tertiary/aromatic N) is 2. The van der Waals surface area contributed by atoms with Crippen LogP contribution in [-0.4, -0.2) is 29.5 Å². The van der Waals surface area contributed by atoms with Crippen LogP contribution in [0.3, 0.4) is 0 Å². The molecule has 0 aliphatic rings. The van der Waals surface area contributed by atoms with Crippen molar-refractivity contribution < 1.29 is 4.92 Å². The molecular formula is C24H42N2O2. The Morgan fingerprint density at radius 3 is 1.75 bits per heavy atom. The van der Waals surface area contributed by atoms with Crippen molar-refractivity contribution >= 4 is 5.69 Å². The largest absolute Gasteiger partial charge is 0.303 e. The fourth-order valence-electron chi connectivity index (χ4n) is 3.66. The second-order valence-electron chi connectivity index (χ2n) is 8.05. The molecule has 0 bridgehead atoms. The molecule has 160 valence electrons. The van der Waals surface area contributed by atoms with Crippen LogP contribution in [0.2, 0.25) is 0 Å².